The average Bonchev–Trinajstić information content (AvgIpc) is 2.76. The van der Waals surface area contributed by atoms with Gasteiger partial charge in [0.15, 0.2) is 11.5 Å². The highest BCUT2D eigenvalue weighted by molar-refractivity contribution is 5.44. The summed E-state index contributed by atoms with van der Waals surface area (Å²) >= 11 is 0. The molecule has 1 aromatic carbocycles. The number of nitrogens with two attached hydrogens (primary N) is 1. The zero-order valence-corrected chi connectivity index (χ0v) is 9.37. The van der Waals surface area contributed by atoms with Gasteiger partial charge in [-0.2, -0.15) is 0 Å². The van der Waals surface area contributed by atoms with E-state index in [2.05, 4.69) is 11.4 Å². The van der Waals surface area contributed by atoms with Crippen LogP contribution in [0.15, 0.2) is 18.2 Å². The zero-order chi connectivity index (χ0) is 11.2. The minimum atomic E-state index is 0.341. The van der Waals surface area contributed by atoms with Gasteiger partial charge in [-0.25, -0.2) is 0 Å². The van der Waals surface area contributed by atoms with Crippen LogP contribution in [0.25, 0.3) is 0 Å². The Hall–Kier alpha value is -1.26. The molecule has 0 aromatic heterocycles. The molecule has 16 heavy (non-hydrogen) atoms. The fraction of sp³-hybridized carbons (Fsp3) is 0.500. The highest BCUT2D eigenvalue weighted by Crippen LogP contribution is 2.32. The first-order chi connectivity index (χ1) is 7.90. The Bertz CT molecular complexity index is 342. The van der Waals surface area contributed by atoms with Crippen molar-refractivity contribution in [2.45, 2.75) is 12.8 Å². The molecule has 0 radical (unpaired) electrons. The highest BCUT2D eigenvalue weighted by atomic mass is 16.7. The molecule has 0 saturated heterocycles. The molecule has 88 valence electrons. The van der Waals surface area contributed by atoms with Crippen molar-refractivity contribution < 1.29 is 9.47 Å². The maximum atomic E-state index is 5.41. The zero-order valence-electron chi connectivity index (χ0n) is 9.37. The first-order valence-electron chi connectivity index (χ1n) is 5.69. The van der Waals surface area contributed by atoms with E-state index in [0.717, 1.165) is 44.0 Å². The van der Waals surface area contributed by atoms with Crippen LogP contribution in [-0.2, 0) is 6.42 Å². The van der Waals surface area contributed by atoms with Crippen molar-refractivity contribution in [2.75, 3.05) is 26.4 Å². The van der Waals surface area contributed by atoms with Crippen molar-refractivity contribution in [3.8, 4) is 11.5 Å². The van der Waals surface area contributed by atoms with Crippen molar-refractivity contribution in [3.05, 3.63) is 23.8 Å². The van der Waals surface area contributed by atoms with Crippen LogP contribution in [0.4, 0.5) is 0 Å². The van der Waals surface area contributed by atoms with Crippen LogP contribution in [0.5, 0.6) is 11.5 Å². The molecule has 3 N–H and O–H groups in total. The van der Waals surface area contributed by atoms with Crippen LogP contribution in [-0.4, -0.2) is 26.4 Å². The van der Waals surface area contributed by atoms with Gasteiger partial charge >= 0.3 is 0 Å². The first kappa shape index (κ1) is 11.2. The van der Waals surface area contributed by atoms with Crippen molar-refractivity contribution in [3.63, 3.8) is 0 Å². The summed E-state index contributed by atoms with van der Waals surface area (Å²) in [6.45, 7) is 3.05. The third-order valence-electron chi connectivity index (χ3n) is 2.59. The summed E-state index contributed by atoms with van der Waals surface area (Å²) in [5.74, 6) is 1.71. The standard InChI is InChI=1S/C12H18N2O2/c13-5-1-6-14-7-4-10-2-3-11-12(8-10)16-9-15-11/h2-3,8,14H,1,4-7,9,13H2. The molecule has 4 heteroatoms. The second kappa shape index (κ2) is 5.72. The Morgan fingerprint density at radius 1 is 1.19 bits per heavy atom. The van der Waals surface area contributed by atoms with Crippen LogP contribution in [0.3, 0.4) is 0 Å². The second-order valence-corrected chi connectivity index (χ2v) is 3.83. The molecule has 1 aromatic rings. The molecular formula is C12H18N2O2. The molecule has 1 heterocycles. The number of fused-ring (bicyclic) bond motifs is 1. The highest BCUT2D eigenvalue weighted by Gasteiger charge is 2.12. The topological polar surface area (TPSA) is 56.5 Å². The summed E-state index contributed by atoms with van der Waals surface area (Å²) < 4.78 is 10.6. The lowest BCUT2D eigenvalue weighted by Crippen LogP contribution is -2.20. The van der Waals surface area contributed by atoms with E-state index in [9.17, 15) is 0 Å². The van der Waals surface area contributed by atoms with Gasteiger partial charge in [0, 0.05) is 0 Å². The van der Waals surface area contributed by atoms with E-state index in [1.807, 2.05) is 12.1 Å². The molecule has 0 spiro atoms. The molecule has 2 rings (SSSR count). The quantitative estimate of drug-likeness (QED) is 0.702. The Labute approximate surface area is 95.7 Å². The normalized spacial score (nSPS) is 13.1. The van der Waals surface area contributed by atoms with E-state index in [1.54, 1.807) is 0 Å². The minimum absolute atomic E-state index is 0.341. The smallest absolute Gasteiger partial charge is 0.231 e. The van der Waals surface area contributed by atoms with E-state index in [1.165, 1.54) is 5.56 Å². The van der Waals surface area contributed by atoms with Gasteiger partial charge in [0.2, 0.25) is 6.79 Å². The molecule has 0 atom stereocenters. The van der Waals surface area contributed by atoms with Crippen molar-refractivity contribution in [1.29, 1.82) is 0 Å². The predicted molar refractivity (Wildman–Crippen MR) is 62.8 cm³/mol. The van der Waals surface area contributed by atoms with Gasteiger partial charge in [-0.1, -0.05) is 6.07 Å². The number of rotatable bonds is 6. The molecule has 0 fully saturated rings. The van der Waals surface area contributed by atoms with Gasteiger partial charge in [0.05, 0.1) is 0 Å². The number of benzene rings is 1. The largest absolute Gasteiger partial charge is 0.454 e. The van der Waals surface area contributed by atoms with Crippen molar-refractivity contribution in [1.82, 2.24) is 5.32 Å². The molecule has 1 aliphatic heterocycles. The van der Waals surface area contributed by atoms with Crippen LogP contribution < -0.4 is 20.5 Å². The summed E-state index contributed by atoms with van der Waals surface area (Å²) in [4.78, 5) is 0. The fourth-order valence-electron chi connectivity index (χ4n) is 1.68. The molecule has 1 aliphatic rings. The summed E-state index contributed by atoms with van der Waals surface area (Å²) in [6.07, 6.45) is 2.03. The lowest BCUT2D eigenvalue weighted by atomic mass is 10.1. The van der Waals surface area contributed by atoms with Crippen LogP contribution in [0.1, 0.15) is 12.0 Å². The Kier molecular flexibility index (Phi) is 4.02. The van der Waals surface area contributed by atoms with Crippen molar-refractivity contribution >= 4 is 0 Å². The van der Waals surface area contributed by atoms with Gasteiger partial charge in [-0.05, 0) is 50.2 Å². The van der Waals surface area contributed by atoms with Gasteiger partial charge < -0.3 is 20.5 Å². The number of ether oxygens (including phenoxy) is 2. The molecule has 0 aliphatic carbocycles. The number of hydrogen-bond acceptors (Lipinski definition) is 4. The van der Waals surface area contributed by atoms with Gasteiger partial charge in [-0.3, -0.25) is 0 Å². The van der Waals surface area contributed by atoms with E-state index in [-0.39, 0.29) is 0 Å². The predicted octanol–water partition coefficient (Wildman–Crippen LogP) is 0.896. The van der Waals surface area contributed by atoms with Crippen LogP contribution in [0, 0.1) is 0 Å². The third kappa shape index (κ3) is 2.87. The molecule has 0 unspecified atom stereocenters. The Morgan fingerprint density at radius 3 is 2.94 bits per heavy atom. The minimum Gasteiger partial charge on any atom is -0.454 e. The number of hydrogen-bond donors (Lipinski definition) is 2. The van der Waals surface area contributed by atoms with E-state index < -0.39 is 0 Å². The summed E-state index contributed by atoms with van der Waals surface area (Å²) in [7, 11) is 0. The monoisotopic (exact) mass is 222 g/mol. The van der Waals surface area contributed by atoms with Crippen LogP contribution >= 0.6 is 0 Å². The molecule has 0 saturated carbocycles. The lowest BCUT2D eigenvalue weighted by Gasteiger charge is -2.04. The summed E-state index contributed by atoms with van der Waals surface area (Å²) in [5.41, 5.74) is 6.68. The lowest BCUT2D eigenvalue weighted by molar-refractivity contribution is 0.174. The summed E-state index contributed by atoms with van der Waals surface area (Å²) in [5, 5.41) is 3.35. The third-order valence-corrected chi connectivity index (χ3v) is 2.59. The Balaban J connectivity index is 1.77. The van der Waals surface area contributed by atoms with E-state index >= 15 is 0 Å². The average molecular weight is 222 g/mol. The summed E-state index contributed by atoms with van der Waals surface area (Å²) in [6, 6.07) is 6.10. The maximum Gasteiger partial charge on any atom is 0.231 e. The molecule has 0 bridgehead atoms. The SMILES string of the molecule is NCCCNCCc1ccc2c(c1)OCO2. The first-order valence-corrected chi connectivity index (χ1v) is 5.69. The van der Waals surface area contributed by atoms with Gasteiger partial charge in [0.1, 0.15) is 0 Å². The van der Waals surface area contributed by atoms with Crippen molar-refractivity contribution in [2.24, 2.45) is 5.73 Å². The Morgan fingerprint density at radius 2 is 2.06 bits per heavy atom. The van der Waals surface area contributed by atoms with E-state index in [4.69, 9.17) is 15.2 Å². The number of nitrogens with one attached hydrogen (secondary N) is 1. The maximum absolute atomic E-state index is 5.41. The van der Waals surface area contributed by atoms with E-state index in [0.29, 0.717) is 6.79 Å². The van der Waals surface area contributed by atoms with Gasteiger partial charge in [-0.15, -0.1) is 0 Å². The van der Waals surface area contributed by atoms with Gasteiger partial charge in [0.25, 0.3) is 0 Å². The second-order valence-electron chi connectivity index (χ2n) is 3.83. The van der Waals surface area contributed by atoms with Crippen LogP contribution in [0.2, 0.25) is 0 Å². The molecule has 4 nitrogen and oxygen atoms in total. The molecular weight excluding hydrogens is 204 g/mol. The fourth-order valence-corrected chi connectivity index (χ4v) is 1.68. The molecule has 0 amide bonds.